The van der Waals surface area contributed by atoms with Gasteiger partial charge in [0.2, 0.25) is 0 Å². The summed E-state index contributed by atoms with van der Waals surface area (Å²) in [5.74, 6) is 0.316. The Kier molecular flexibility index (Phi) is 3.37. The lowest BCUT2D eigenvalue weighted by molar-refractivity contribution is 0.301. The Labute approximate surface area is 97.7 Å². The van der Waals surface area contributed by atoms with Gasteiger partial charge in [-0.3, -0.25) is 4.98 Å². The highest BCUT2D eigenvalue weighted by Crippen LogP contribution is 2.14. The van der Waals surface area contributed by atoms with E-state index in [-0.39, 0.29) is 5.82 Å². The molecule has 0 bridgehead atoms. The number of aromatic nitrogens is 1. The summed E-state index contributed by atoms with van der Waals surface area (Å²) in [5, 5.41) is 0.618. The molecule has 2 aromatic rings. The zero-order valence-electron chi connectivity index (χ0n) is 8.36. The van der Waals surface area contributed by atoms with Gasteiger partial charge in [0.25, 0.3) is 0 Å². The van der Waals surface area contributed by atoms with E-state index in [4.69, 9.17) is 16.3 Å². The monoisotopic (exact) mass is 237 g/mol. The predicted octanol–water partition coefficient (Wildman–Crippen LogP) is 3.45. The van der Waals surface area contributed by atoms with E-state index in [0.717, 1.165) is 5.69 Å². The van der Waals surface area contributed by atoms with Crippen LogP contribution in [-0.2, 0) is 6.61 Å². The summed E-state index contributed by atoms with van der Waals surface area (Å²) in [5.41, 5.74) is 0.733. The zero-order chi connectivity index (χ0) is 11.4. The average Bonchev–Trinajstić information content (AvgIpc) is 2.28. The van der Waals surface area contributed by atoms with Crippen molar-refractivity contribution < 1.29 is 9.13 Å². The fraction of sp³-hybridized carbons (Fsp3) is 0.0833. The van der Waals surface area contributed by atoms with Gasteiger partial charge in [0.05, 0.1) is 5.69 Å². The normalized spacial score (nSPS) is 10.1. The highest BCUT2D eigenvalue weighted by atomic mass is 35.5. The number of nitrogens with zero attached hydrogens (tertiary/aromatic N) is 1. The maximum Gasteiger partial charge on any atom is 0.130 e. The van der Waals surface area contributed by atoms with Crippen molar-refractivity contribution in [2.24, 2.45) is 0 Å². The van der Waals surface area contributed by atoms with Crippen molar-refractivity contribution in [2.75, 3.05) is 0 Å². The SMILES string of the molecule is Fc1ccc(OCc2cc(Cl)ccn2)cc1. The van der Waals surface area contributed by atoms with Gasteiger partial charge in [0, 0.05) is 11.2 Å². The van der Waals surface area contributed by atoms with Crippen LogP contribution in [0, 0.1) is 5.82 Å². The van der Waals surface area contributed by atoms with Crippen LogP contribution >= 0.6 is 11.6 Å². The van der Waals surface area contributed by atoms with E-state index in [9.17, 15) is 4.39 Å². The Hall–Kier alpha value is -1.61. The molecule has 1 aromatic carbocycles. The molecule has 0 saturated heterocycles. The Morgan fingerprint density at radius 2 is 1.94 bits per heavy atom. The molecule has 0 saturated carbocycles. The lowest BCUT2D eigenvalue weighted by Gasteiger charge is -2.05. The molecule has 0 N–H and O–H groups in total. The second kappa shape index (κ2) is 4.94. The zero-order valence-corrected chi connectivity index (χ0v) is 9.12. The van der Waals surface area contributed by atoms with Gasteiger partial charge in [0.15, 0.2) is 0 Å². The van der Waals surface area contributed by atoms with Crippen molar-refractivity contribution in [3.8, 4) is 5.75 Å². The van der Waals surface area contributed by atoms with E-state index in [2.05, 4.69) is 4.98 Å². The lowest BCUT2D eigenvalue weighted by Crippen LogP contribution is -1.97. The van der Waals surface area contributed by atoms with Gasteiger partial charge in [-0.15, -0.1) is 0 Å². The molecule has 0 aliphatic carbocycles. The summed E-state index contributed by atoms with van der Waals surface area (Å²) in [7, 11) is 0. The second-order valence-corrected chi connectivity index (χ2v) is 3.64. The van der Waals surface area contributed by atoms with Gasteiger partial charge < -0.3 is 4.74 Å². The van der Waals surface area contributed by atoms with Crippen LogP contribution in [-0.4, -0.2) is 4.98 Å². The summed E-state index contributed by atoms with van der Waals surface area (Å²) >= 11 is 5.80. The maximum absolute atomic E-state index is 12.6. The third kappa shape index (κ3) is 2.94. The number of hydrogen-bond acceptors (Lipinski definition) is 2. The number of benzene rings is 1. The molecule has 0 spiro atoms. The minimum Gasteiger partial charge on any atom is -0.487 e. The van der Waals surface area contributed by atoms with E-state index in [1.54, 1.807) is 30.5 Å². The molecule has 0 aliphatic rings. The lowest BCUT2D eigenvalue weighted by atomic mass is 10.3. The summed E-state index contributed by atoms with van der Waals surface area (Å²) in [4.78, 5) is 4.09. The van der Waals surface area contributed by atoms with E-state index >= 15 is 0 Å². The van der Waals surface area contributed by atoms with Gasteiger partial charge >= 0.3 is 0 Å². The van der Waals surface area contributed by atoms with Crippen molar-refractivity contribution in [2.45, 2.75) is 6.61 Å². The molecule has 0 fully saturated rings. The fourth-order valence-electron chi connectivity index (χ4n) is 1.22. The summed E-state index contributed by atoms with van der Waals surface area (Å²) < 4.78 is 18.0. The molecule has 4 heteroatoms. The van der Waals surface area contributed by atoms with Crippen LogP contribution in [0.15, 0.2) is 42.6 Å². The first-order valence-corrected chi connectivity index (χ1v) is 5.10. The topological polar surface area (TPSA) is 22.1 Å². The van der Waals surface area contributed by atoms with Crippen LogP contribution in [0.5, 0.6) is 5.75 Å². The van der Waals surface area contributed by atoms with Crippen LogP contribution in [0.3, 0.4) is 0 Å². The smallest absolute Gasteiger partial charge is 0.130 e. The molecule has 0 atom stereocenters. The third-order valence-electron chi connectivity index (χ3n) is 1.98. The minimum atomic E-state index is -0.284. The molecule has 0 unspecified atom stereocenters. The van der Waals surface area contributed by atoms with Crippen LogP contribution < -0.4 is 4.74 Å². The van der Waals surface area contributed by atoms with Crippen LogP contribution in [0.1, 0.15) is 5.69 Å². The van der Waals surface area contributed by atoms with Crippen molar-refractivity contribution in [1.29, 1.82) is 0 Å². The molecule has 0 amide bonds. The second-order valence-electron chi connectivity index (χ2n) is 3.21. The highest BCUT2D eigenvalue weighted by Gasteiger charge is 1.98. The number of rotatable bonds is 3. The molecule has 16 heavy (non-hydrogen) atoms. The molecular weight excluding hydrogens is 229 g/mol. The Morgan fingerprint density at radius 3 is 2.62 bits per heavy atom. The maximum atomic E-state index is 12.6. The van der Waals surface area contributed by atoms with Crippen molar-refractivity contribution in [3.05, 3.63) is 59.1 Å². The number of hydrogen-bond donors (Lipinski definition) is 0. The van der Waals surface area contributed by atoms with E-state index < -0.39 is 0 Å². The molecule has 0 radical (unpaired) electrons. The molecule has 1 aromatic heterocycles. The van der Waals surface area contributed by atoms with Gasteiger partial charge in [-0.1, -0.05) is 11.6 Å². The highest BCUT2D eigenvalue weighted by molar-refractivity contribution is 6.30. The number of halogens is 2. The van der Waals surface area contributed by atoms with Crippen molar-refractivity contribution in [3.63, 3.8) is 0 Å². The van der Waals surface area contributed by atoms with Gasteiger partial charge in [-0.2, -0.15) is 0 Å². The molecule has 82 valence electrons. The molecule has 1 heterocycles. The number of pyridine rings is 1. The summed E-state index contributed by atoms with van der Waals surface area (Å²) in [6.45, 7) is 0.312. The molecule has 2 rings (SSSR count). The molecule has 0 aliphatic heterocycles. The first-order chi connectivity index (χ1) is 7.74. The fourth-order valence-corrected chi connectivity index (χ4v) is 1.40. The largest absolute Gasteiger partial charge is 0.487 e. The van der Waals surface area contributed by atoms with E-state index in [1.807, 2.05) is 0 Å². The Bertz CT molecular complexity index is 473. The van der Waals surface area contributed by atoms with E-state index in [0.29, 0.717) is 17.4 Å². The van der Waals surface area contributed by atoms with Gasteiger partial charge in [0.1, 0.15) is 18.2 Å². The third-order valence-corrected chi connectivity index (χ3v) is 2.21. The summed E-state index contributed by atoms with van der Waals surface area (Å²) in [6, 6.07) is 9.26. The number of ether oxygens (including phenoxy) is 1. The first-order valence-electron chi connectivity index (χ1n) is 4.73. The van der Waals surface area contributed by atoms with Crippen LogP contribution in [0.25, 0.3) is 0 Å². The summed E-state index contributed by atoms with van der Waals surface area (Å²) in [6.07, 6.45) is 1.62. The Balaban J connectivity index is 1.99. The van der Waals surface area contributed by atoms with Crippen LogP contribution in [0.2, 0.25) is 5.02 Å². The standard InChI is InChI=1S/C12H9ClFNO/c13-9-5-6-15-11(7-9)8-16-12-3-1-10(14)2-4-12/h1-7H,8H2. The van der Waals surface area contributed by atoms with E-state index in [1.165, 1.54) is 12.1 Å². The Morgan fingerprint density at radius 1 is 1.19 bits per heavy atom. The minimum absolute atomic E-state index is 0.284. The quantitative estimate of drug-likeness (QED) is 0.816. The van der Waals surface area contributed by atoms with Crippen molar-refractivity contribution in [1.82, 2.24) is 4.98 Å². The first kappa shape index (κ1) is 10.9. The van der Waals surface area contributed by atoms with Gasteiger partial charge in [-0.05, 0) is 36.4 Å². The van der Waals surface area contributed by atoms with Crippen LogP contribution in [0.4, 0.5) is 4.39 Å². The predicted molar refractivity (Wildman–Crippen MR) is 60.0 cm³/mol. The molecular formula is C12H9ClFNO. The van der Waals surface area contributed by atoms with Gasteiger partial charge in [-0.25, -0.2) is 4.39 Å². The van der Waals surface area contributed by atoms with Crippen molar-refractivity contribution >= 4 is 11.6 Å². The average molecular weight is 238 g/mol. The molecule has 2 nitrogen and oxygen atoms in total.